The van der Waals surface area contributed by atoms with Gasteiger partial charge in [-0.15, -0.1) is 0 Å². The largest absolute Gasteiger partial charge is 1.00 e. The van der Waals surface area contributed by atoms with Crippen LogP contribution < -0.4 is 12.4 Å². The second-order valence-electron chi connectivity index (χ2n) is 3.91. The first-order valence-corrected chi connectivity index (χ1v) is 7.77. The number of halogens is 1. The zero-order valence-corrected chi connectivity index (χ0v) is 12.3. The average molecular weight is 307 g/mol. The fourth-order valence-corrected chi connectivity index (χ4v) is 4.42. The maximum atomic E-state index is 10.4. The van der Waals surface area contributed by atoms with Gasteiger partial charge >= 0.3 is 10.3 Å². The van der Waals surface area contributed by atoms with Gasteiger partial charge in [-0.1, -0.05) is 48.5 Å². The molecule has 0 fully saturated rings. The summed E-state index contributed by atoms with van der Waals surface area (Å²) >= 11 is 0. The van der Waals surface area contributed by atoms with Crippen molar-refractivity contribution in [2.75, 3.05) is 0 Å². The van der Waals surface area contributed by atoms with E-state index < -0.39 is 0 Å². The highest BCUT2D eigenvalue weighted by atomic mass is 35.5. The molecular weight excluding hydrogens is 296 g/mol. The molecule has 2 aromatic carbocycles. The Kier molecular flexibility index (Phi) is 4.53. The molecule has 0 saturated carbocycles. The number of aromatic hydroxyl groups is 1. The number of benzene rings is 2. The number of hydrogen-bond donors (Lipinski definition) is 1. The van der Waals surface area contributed by atoms with Crippen LogP contribution in [0, 0.1) is 0 Å². The minimum Gasteiger partial charge on any atom is -1.00 e. The van der Waals surface area contributed by atoms with Crippen molar-refractivity contribution in [1.82, 2.24) is 0 Å². The van der Waals surface area contributed by atoms with Crippen LogP contribution in [0.1, 0.15) is 0 Å². The molecule has 96 valence electrons. The molecule has 0 bridgehead atoms. The number of rotatable bonds is 2. The molecule has 19 heavy (non-hydrogen) atoms. The fraction of sp³-hybridized carbons (Fsp3) is 0. The lowest BCUT2D eigenvalue weighted by Gasteiger charge is -1.95. The van der Waals surface area contributed by atoms with Gasteiger partial charge in [0.2, 0.25) is 5.75 Å². The van der Waals surface area contributed by atoms with Crippen LogP contribution in [0.2, 0.25) is 0 Å². The topological polar surface area (TPSA) is 20.2 Å². The lowest BCUT2D eigenvalue weighted by atomic mass is 10.1. The van der Waals surface area contributed by atoms with E-state index in [9.17, 15) is 5.11 Å². The van der Waals surface area contributed by atoms with E-state index >= 15 is 0 Å². The van der Waals surface area contributed by atoms with Crippen molar-refractivity contribution in [2.45, 2.75) is 0 Å². The maximum absolute atomic E-state index is 10.4. The Morgan fingerprint density at radius 2 is 1.32 bits per heavy atom. The third kappa shape index (κ3) is 2.78. The summed E-state index contributed by atoms with van der Waals surface area (Å²) in [5, 5.41) is 10.4. The van der Waals surface area contributed by atoms with E-state index in [4.69, 9.17) is 0 Å². The van der Waals surface area contributed by atoms with Crippen LogP contribution in [0.3, 0.4) is 0 Å². The summed E-state index contributed by atoms with van der Waals surface area (Å²) in [5.41, 5.74) is 2.14. The monoisotopic (exact) mass is 306 g/mol. The molecule has 1 nitrogen and oxygen atoms in total. The first kappa shape index (κ1) is 14.0. The van der Waals surface area contributed by atoms with Crippen molar-refractivity contribution >= 4 is 20.7 Å². The van der Waals surface area contributed by atoms with E-state index in [0.29, 0.717) is 5.75 Å². The maximum Gasteiger partial charge on any atom is 0.305 e. The first-order valence-electron chi connectivity index (χ1n) is 5.62. The summed E-state index contributed by atoms with van der Waals surface area (Å²) in [4.78, 5) is 1.89. The minimum atomic E-state index is 0. The molecule has 0 radical (unpaired) electrons. The predicted molar refractivity (Wildman–Crippen MR) is 79.1 cm³/mol. The molecule has 4 heteroatoms. The molecule has 0 aliphatic heterocycles. The molecule has 1 N–H and O–H groups in total. The van der Waals surface area contributed by atoms with Gasteiger partial charge in [0.25, 0.3) is 4.88 Å². The van der Waals surface area contributed by atoms with Gasteiger partial charge in [-0.3, -0.25) is 0 Å². The summed E-state index contributed by atoms with van der Waals surface area (Å²) in [6.45, 7) is 0. The second kappa shape index (κ2) is 6.15. The SMILES string of the molecule is Oc1c(-c2ccccc2)s[s+]c1-c1ccccc1.[Cl-]. The Balaban J connectivity index is 0.00000133. The van der Waals surface area contributed by atoms with Crippen molar-refractivity contribution in [3.05, 3.63) is 60.7 Å². The zero-order chi connectivity index (χ0) is 12.4. The van der Waals surface area contributed by atoms with Crippen LogP contribution in [-0.4, -0.2) is 5.11 Å². The van der Waals surface area contributed by atoms with Gasteiger partial charge in [-0.25, -0.2) is 0 Å². The van der Waals surface area contributed by atoms with Gasteiger partial charge in [-0.05, 0) is 12.1 Å². The smallest absolute Gasteiger partial charge is 0.305 e. The van der Waals surface area contributed by atoms with E-state index in [2.05, 4.69) is 0 Å². The Bertz CT molecular complexity index is 593. The van der Waals surface area contributed by atoms with Gasteiger partial charge in [0.05, 0.1) is 0 Å². The third-order valence-corrected chi connectivity index (χ3v) is 5.24. The van der Waals surface area contributed by atoms with Crippen molar-refractivity contribution in [1.29, 1.82) is 0 Å². The predicted octanol–water partition coefficient (Wildman–Crippen LogP) is 2.13. The Labute approximate surface area is 125 Å². The second-order valence-corrected chi connectivity index (χ2v) is 6.06. The molecular formula is C15H11ClOS2. The van der Waals surface area contributed by atoms with E-state index in [1.807, 2.05) is 60.7 Å². The summed E-state index contributed by atoms with van der Waals surface area (Å²) < 4.78 is 0. The Morgan fingerprint density at radius 3 is 1.89 bits per heavy atom. The summed E-state index contributed by atoms with van der Waals surface area (Å²) in [7, 11) is 3.23. The number of hydrogen-bond acceptors (Lipinski definition) is 2. The van der Waals surface area contributed by atoms with Crippen molar-refractivity contribution in [3.8, 4) is 26.6 Å². The Hall–Kier alpha value is -1.42. The summed E-state index contributed by atoms with van der Waals surface area (Å²) in [6.07, 6.45) is 0. The van der Waals surface area contributed by atoms with Gasteiger partial charge < -0.3 is 17.5 Å². The highest BCUT2D eigenvalue weighted by Gasteiger charge is 2.25. The van der Waals surface area contributed by atoms with Crippen molar-refractivity contribution in [3.63, 3.8) is 0 Å². The molecule has 1 aromatic heterocycles. The molecule has 0 aliphatic rings. The van der Waals surface area contributed by atoms with Crippen LogP contribution >= 0.6 is 20.7 Å². The standard InChI is InChI=1S/C15H10OS2.ClH/c16-13-14(11-7-3-1-4-8-11)17-18-15(13)12-9-5-2-6-10-12;/h1-10H;1H. The third-order valence-electron chi connectivity index (χ3n) is 2.71. The highest BCUT2D eigenvalue weighted by molar-refractivity contribution is 7.72. The lowest BCUT2D eigenvalue weighted by molar-refractivity contribution is -0.00000426. The van der Waals surface area contributed by atoms with Crippen LogP contribution in [-0.2, 0) is 0 Å². The van der Waals surface area contributed by atoms with Gasteiger partial charge in [0.15, 0.2) is 10.3 Å². The fourth-order valence-electron chi connectivity index (χ4n) is 1.81. The van der Waals surface area contributed by atoms with Crippen LogP contribution in [0.5, 0.6) is 5.75 Å². The van der Waals surface area contributed by atoms with Crippen LogP contribution in [0.4, 0.5) is 0 Å². The zero-order valence-electron chi connectivity index (χ0n) is 9.92. The lowest BCUT2D eigenvalue weighted by Crippen LogP contribution is -3.00. The normalized spacial score (nSPS) is 9.89. The average Bonchev–Trinajstić information content (AvgIpc) is 2.83. The van der Waals surface area contributed by atoms with Gasteiger partial charge in [0.1, 0.15) is 4.88 Å². The van der Waals surface area contributed by atoms with Gasteiger partial charge in [-0.2, -0.15) is 0 Å². The first-order chi connectivity index (χ1) is 8.86. The Morgan fingerprint density at radius 1 is 0.789 bits per heavy atom. The molecule has 1 heterocycles. The molecule has 0 saturated heterocycles. The quantitative estimate of drug-likeness (QED) is 0.568. The van der Waals surface area contributed by atoms with E-state index in [1.165, 1.54) is 0 Å². The molecule has 0 aliphatic carbocycles. The van der Waals surface area contributed by atoms with E-state index in [1.54, 1.807) is 20.7 Å². The molecule has 0 amide bonds. The van der Waals surface area contributed by atoms with Crippen molar-refractivity contribution in [2.24, 2.45) is 0 Å². The molecule has 0 unspecified atom stereocenters. The molecule has 0 spiro atoms. The van der Waals surface area contributed by atoms with Crippen LogP contribution in [0.25, 0.3) is 20.9 Å². The van der Waals surface area contributed by atoms with Gasteiger partial charge in [0, 0.05) is 11.1 Å². The van der Waals surface area contributed by atoms with Crippen LogP contribution in [0.15, 0.2) is 60.7 Å². The van der Waals surface area contributed by atoms with E-state index in [0.717, 1.165) is 20.9 Å². The minimum absolute atomic E-state index is 0. The molecule has 3 aromatic rings. The molecule has 3 rings (SSSR count). The molecule has 0 atom stereocenters. The summed E-state index contributed by atoms with van der Waals surface area (Å²) in [6, 6.07) is 20.0. The van der Waals surface area contributed by atoms with E-state index in [-0.39, 0.29) is 12.4 Å². The van der Waals surface area contributed by atoms with Crippen molar-refractivity contribution < 1.29 is 17.5 Å². The highest BCUT2D eigenvalue weighted by Crippen LogP contribution is 2.47. The summed E-state index contributed by atoms with van der Waals surface area (Å²) in [5.74, 6) is 0.391.